The van der Waals surface area contributed by atoms with Crippen LogP contribution in [0.2, 0.25) is 0 Å². The molecule has 1 aromatic carbocycles. The van der Waals surface area contributed by atoms with Crippen LogP contribution < -0.4 is 0 Å². The number of hydrogen-bond donors (Lipinski definition) is 0. The predicted molar refractivity (Wildman–Crippen MR) is 66.2 cm³/mol. The highest BCUT2D eigenvalue weighted by atomic mass is 79.9. The predicted octanol–water partition coefficient (Wildman–Crippen LogP) is 3.94. The third-order valence-corrected chi connectivity index (χ3v) is 2.59. The second-order valence-electron chi connectivity index (χ2n) is 3.23. The quantitative estimate of drug-likeness (QED) is 0.628. The molecule has 0 atom stereocenters. The van der Waals surface area contributed by atoms with Crippen LogP contribution in [0, 0.1) is 0 Å². The molecule has 0 spiro atoms. The minimum atomic E-state index is -0.132. The summed E-state index contributed by atoms with van der Waals surface area (Å²) in [5.74, 6) is 0.223. The molecule has 3 heteroatoms. The lowest BCUT2D eigenvalue weighted by Gasteiger charge is -1.93. The maximum atomic E-state index is 11.6. The Morgan fingerprint density at radius 1 is 1.19 bits per heavy atom. The number of hydrogen-bond acceptors (Lipinski definition) is 2. The molecule has 0 N–H and O–H groups in total. The molecule has 2 rings (SSSR count). The summed E-state index contributed by atoms with van der Waals surface area (Å²) in [4.78, 5) is 11.6. The number of halogens is 1. The highest BCUT2D eigenvalue weighted by Crippen LogP contribution is 2.12. The van der Waals surface area contributed by atoms with Gasteiger partial charge in [0, 0.05) is 4.47 Å². The van der Waals surface area contributed by atoms with Crippen molar-refractivity contribution in [1.82, 2.24) is 0 Å². The van der Waals surface area contributed by atoms with Crippen molar-refractivity contribution >= 4 is 27.8 Å². The molecule has 16 heavy (non-hydrogen) atoms. The van der Waals surface area contributed by atoms with Gasteiger partial charge in [-0.05, 0) is 35.9 Å². The highest BCUT2D eigenvalue weighted by Gasteiger charge is 2.03. The Bertz CT molecular complexity index is 495. The van der Waals surface area contributed by atoms with Gasteiger partial charge in [0.2, 0.25) is 5.78 Å². The van der Waals surface area contributed by atoms with E-state index in [9.17, 15) is 4.79 Å². The van der Waals surface area contributed by atoms with Crippen molar-refractivity contribution in [3.63, 3.8) is 0 Å². The van der Waals surface area contributed by atoms with Gasteiger partial charge in [-0.15, -0.1) is 0 Å². The fourth-order valence-electron chi connectivity index (χ4n) is 1.25. The maximum Gasteiger partial charge on any atom is 0.221 e. The molecule has 0 saturated carbocycles. The average molecular weight is 277 g/mol. The monoisotopic (exact) mass is 276 g/mol. The van der Waals surface area contributed by atoms with E-state index in [1.807, 2.05) is 24.3 Å². The lowest BCUT2D eigenvalue weighted by atomic mass is 10.2. The van der Waals surface area contributed by atoms with Crippen molar-refractivity contribution in [3.05, 3.63) is 64.5 Å². The molecule has 2 nitrogen and oxygen atoms in total. The number of benzene rings is 1. The van der Waals surface area contributed by atoms with Crippen molar-refractivity contribution in [2.75, 3.05) is 0 Å². The summed E-state index contributed by atoms with van der Waals surface area (Å²) >= 11 is 3.35. The van der Waals surface area contributed by atoms with Crippen molar-refractivity contribution in [1.29, 1.82) is 0 Å². The largest absolute Gasteiger partial charge is 0.461 e. The van der Waals surface area contributed by atoms with E-state index in [-0.39, 0.29) is 5.78 Å². The van der Waals surface area contributed by atoms with Crippen molar-refractivity contribution < 1.29 is 9.21 Å². The van der Waals surface area contributed by atoms with E-state index >= 15 is 0 Å². The van der Waals surface area contributed by atoms with Crippen LogP contribution in [0.15, 0.2) is 57.6 Å². The van der Waals surface area contributed by atoms with Crippen LogP contribution in [0.5, 0.6) is 0 Å². The Balaban J connectivity index is 2.10. The Kier molecular flexibility index (Phi) is 3.37. The Morgan fingerprint density at radius 3 is 2.56 bits per heavy atom. The van der Waals surface area contributed by atoms with Gasteiger partial charge in [-0.1, -0.05) is 34.1 Å². The van der Waals surface area contributed by atoms with E-state index in [0.717, 1.165) is 10.0 Å². The molecule has 0 unspecified atom stereocenters. The number of rotatable bonds is 3. The van der Waals surface area contributed by atoms with Crippen LogP contribution in [0.25, 0.3) is 6.08 Å². The summed E-state index contributed by atoms with van der Waals surface area (Å²) in [5, 5.41) is 0. The van der Waals surface area contributed by atoms with E-state index in [1.165, 1.54) is 12.3 Å². The SMILES string of the molecule is O=C(/C=C/c1ccc(Br)cc1)c1ccco1. The smallest absolute Gasteiger partial charge is 0.221 e. The number of carbonyl (C=O) groups excluding carboxylic acids is 1. The van der Waals surface area contributed by atoms with E-state index in [0.29, 0.717) is 5.76 Å². The zero-order valence-corrected chi connectivity index (χ0v) is 9.98. The first-order valence-corrected chi connectivity index (χ1v) is 5.56. The molecule has 0 saturated heterocycles. The molecule has 80 valence electrons. The summed E-state index contributed by atoms with van der Waals surface area (Å²) < 4.78 is 6.01. The third-order valence-electron chi connectivity index (χ3n) is 2.06. The van der Waals surface area contributed by atoms with Crippen LogP contribution in [0.1, 0.15) is 16.1 Å². The minimum Gasteiger partial charge on any atom is -0.461 e. The number of allylic oxidation sites excluding steroid dienone is 1. The van der Waals surface area contributed by atoms with Crippen molar-refractivity contribution in [2.45, 2.75) is 0 Å². The van der Waals surface area contributed by atoms with Gasteiger partial charge in [-0.25, -0.2) is 0 Å². The van der Waals surface area contributed by atoms with E-state index in [4.69, 9.17) is 4.42 Å². The first kappa shape index (κ1) is 10.9. The molecule has 0 aliphatic heterocycles. The van der Waals surface area contributed by atoms with E-state index in [1.54, 1.807) is 18.2 Å². The van der Waals surface area contributed by atoms with Gasteiger partial charge in [0.25, 0.3) is 0 Å². The lowest BCUT2D eigenvalue weighted by Crippen LogP contribution is -1.90. The Labute approximate surface area is 102 Å². The molecular formula is C13H9BrO2. The summed E-state index contributed by atoms with van der Waals surface area (Å²) in [5.41, 5.74) is 0.975. The zero-order valence-electron chi connectivity index (χ0n) is 8.39. The summed E-state index contributed by atoms with van der Waals surface area (Å²) in [6.45, 7) is 0. The average Bonchev–Trinajstić information content (AvgIpc) is 2.81. The number of furan rings is 1. The number of carbonyl (C=O) groups is 1. The molecule has 0 fully saturated rings. The zero-order chi connectivity index (χ0) is 11.4. The summed E-state index contributed by atoms with van der Waals surface area (Å²) in [6, 6.07) is 11.1. The van der Waals surface area contributed by atoms with Gasteiger partial charge in [-0.2, -0.15) is 0 Å². The number of ketones is 1. The first-order chi connectivity index (χ1) is 7.75. The molecule has 1 heterocycles. The molecule has 0 aliphatic carbocycles. The van der Waals surface area contributed by atoms with Crippen LogP contribution in [0.4, 0.5) is 0 Å². The van der Waals surface area contributed by atoms with Gasteiger partial charge < -0.3 is 4.42 Å². The topological polar surface area (TPSA) is 30.2 Å². The van der Waals surface area contributed by atoms with Gasteiger partial charge in [0.15, 0.2) is 5.76 Å². The molecule has 2 aromatic rings. The van der Waals surface area contributed by atoms with Crippen LogP contribution >= 0.6 is 15.9 Å². The van der Waals surface area contributed by atoms with Crippen LogP contribution in [-0.4, -0.2) is 5.78 Å². The minimum absolute atomic E-state index is 0.132. The van der Waals surface area contributed by atoms with Gasteiger partial charge >= 0.3 is 0 Å². The van der Waals surface area contributed by atoms with Crippen LogP contribution in [-0.2, 0) is 0 Å². The maximum absolute atomic E-state index is 11.6. The summed E-state index contributed by atoms with van der Waals surface area (Å²) in [6.07, 6.45) is 4.75. The molecule has 0 radical (unpaired) electrons. The van der Waals surface area contributed by atoms with Gasteiger partial charge in [-0.3, -0.25) is 4.79 Å². The first-order valence-electron chi connectivity index (χ1n) is 4.77. The van der Waals surface area contributed by atoms with E-state index < -0.39 is 0 Å². The second-order valence-corrected chi connectivity index (χ2v) is 4.14. The van der Waals surface area contributed by atoms with Gasteiger partial charge in [0.1, 0.15) is 0 Å². The van der Waals surface area contributed by atoms with E-state index in [2.05, 4.69) is 15.9 Å². The van der Waals surface area contributed by atoms with Crippen LogP contribution in [0.3, 0.4) is 0 Å². The molecule has 1 aromatic heterocycles. The third kappa shape index (κ3) is 2.70. The standard InChI is InChI=1S/C13H9BrO2/c14-11-6-3-10(4-7-11)5-8-12(15)13-2-1-9-16-13/h1-9H/b8-5+. The Morgan fingerprint density at radius 2 is 1.94 bits per heavy atom. The fraction of sp³-hybridized carbons (Fsp3) is 0. The Hall–Kier alpha value is -1.61. The second kappa shape index (κ2) is 4.94. The van der Waals surface area contributed by atoms with Crippen molar-refractivity contribution in [3.8, 4) is 0 Å². The normalized spacial score (nSPS) is 10.8. The van der Waals surface area contributed by atoms with Gasteiger partial charge in [0.05, 0.1) is 6.26 Å². The fourth-order valence-corrected chi connectivity index (χ4v) is 1.51. The molecular weight excluding hydrogens is 268 g/mol. The summed E-state index contributed by atoms with van der Waals surface area (Å²) in [7, 11) is 0. The lowest BCUT2D eigenvalue weighted by molar-refractivity contribution is 0.102. The molecule has 0 bridgehead atoms. The van der Waals surface area contributed by atoms with Crippen molar-refractivity contribution in [2.24, 2.45) is 0 Å². The molecule has 0 aliphatic rings. The highest BCUT2D eigenvalue weighted by molar-refractivity contribution is 9.10. The molecule has 0 amide bonds.